The van der Waals surface area contributed by atoms with Crippen molar-refractivity contribution in [1.82, 2.24) is 14.5 Å². The van der Waals surface area contributed by atoms with Gasteiger partial charge in [-0.3, -0.25) is 0 Å². The zero-order valence-electron chi connectivity index (χ0n) is 17.1. The molecule has 33 heavy (non-hydrogen) atoms. The van der Waals surface area contributed by atoms with Crippen molar-refractivity contribution >= 4 is 16.1 Å². The molecule has 8 nitrogen and oxygen atoms in total. The molecule has 0 radical (unpaired) electrons. The van der Waals surface area contributed by atoms with Crippen LogP contribution < -0.4 is 14.8 Å². The molecule has 2 aromatic rings. The number of nitrogens with one attached hydrogen (secondary N) is 1. The smallest absolute Gasteiger partial charge is 0.395 e. The van der Waals surface area contributed by atoms with Crippen molar-refractivity contribution < 1.29 is 35.9 Å². The lowest BCUT2D eigenvalue weighted by Gasteiger charge is -2.23. The van der Waals surface area contributed by atoms with Gasteiger partial charge in [0.15, 0.2) is 11.5 Å². The second kappa shape index (κ2) is 7.66. The standard InChI is InChI=1S/C21H18F3N3O5S/c22-16-3-1-13(2-4-16)8-25-20(28)26-9-14-11-27(12-15(14)10-26)33(29,30)17-5-6-18-19(7-17)32-21(23,24)31-18/h1-7H,8-12H2,(H,25,28). The zero-order valence-corrected chi connectivity index (χ0v) is 17.9. The number of carbonyl (C=O) groups is 1. The molecule has 12 heteroatoms. The van der Waals surface area contributed by atoms with Crippen molar-refractivity contribution in [3.05, 3.63) is 65.0 Å². The van der Waals surface area contributed by atoms with Crippen molar-refractivity contribution in [2.24, 2.45) is 0 Å². The fourth-order valence-electron chi connectivity index (χ4n) is 3.99. The van der Waals surface area contributed by atoms with Crippen molar-refractivity contribution in [2.45, 2.75) is 17.7 Å². The maximum Gasteiger partial charge on any atom is 0.586 e. The number of sulfonamides is 1. The fraction of sp³-hybridized carbons (Fsp3) is 0.286. The molecular weight excluding hydrogens is 463 g/mol. The van der Waals surface area contributed by atoms with Gasteiger partial charge in [0, 0.05) is 38.8 Å². The highest BCUT2D eigenvalue weighted by Gasteiger charge is 2.44. The fourth-order valence-corrected chi connectivity index (χ4v) is 5.44. The molecule has 0 atom stereocenters. The van der Waals surface area contributed by atoms with Gasteiger partial charge in [0.2, 0.25) is 10.0 Å². The molecule has 5 rings (SSSR count). The molecule has 0 aliphatic carbocycles. The Morgan fingerprint density at radius 2 is 1.61 bits per heavy atom. The van der Waals surface area contributed by atoms with E-state index in [-0.39, 0.29) is 61.0 Å². The molecular formula is C21H18F3N3O5S. The van der Waals surface area contributed by atoms with Gasteiger partial charge >= 0.3 is 12.3 Å². The SMILES string of the molecule is O=C(NCc1ccc(F)cc1)N1CC2=C(C1)CN(S(=O)(=O)c1ccc3c(c1)OC(F)(F)O3)C2. The Bertz CT molecular complexity index is 1250. The first-order chi connectivity index (χ1) is 15.6. The van der Waals surface area contributed by atoms with E-state index in [9.17, 15) is 26.4 Å². The normalized spacial score (nSPS) is 19.2. The minimum atomic E-state index is -3.97. The van der Waals surface area contributed by atoms with Gasteiger partial charge in [-0.25, -0.2) is 17.6 Å². The minimum absolute atomic E-state index is 0.101. The van der Waals surface area contributed by atoms with Crippen LogP contribution in [0, 0.1) is 5.82 Å². The van der Waals surface area contributed by atoms with E-state index >= 15 is 0 Å². The number of urea groups is 1. The van der Waals surface area contributed by atoms with E-state index in [0.717, 1.165) is 28.8 Å². The third kappa shape index (κ3) is 4.11. The van der Waals surface area contributed by atoms with E-state index < -0.39 is 16.3 Å². The summed E-state index contributed by atoms with van der Waals surface area (Å²) in [6.45, 7) is 1.01. The third-order valence-corrected chi connectivity index (χ3v) is 7.44. The third-order valence-electron chi connectivity index (χ3n) is 5.65. The number of fused-ring (bicyclic) bond motifs is 1. The number of hydrogen-bond acceptors (Lipinski definition) is 5. The molecule has 0 aromatic heterocycles. The van der Waals surface area contributed by atoms with Crippen LogP contribution in [0.2, 0.25) is 0 Å². The molecule has 174 valence electrons. The summed E-state index contributed by atoms with van der Waals surface area (Å²) in [5.74, 6) is -0.934. The Balaban J connectivity index is 1.19. The van der Waals surface area contributed by atoms with E-state index in [1.807, 2.05) is 0 Å². The number of hydrogen-bond donors (Lipinski definition) is 1. The van der Waals surface area contributed by atoms with Crippen LogP contribution in [0.4, 0.5) is 18.0 Å². The highest BCUT2D eigenvalue weighted by molar-refractivity contribution is 7.89. The van der Waals surface area contributed by atoms with Gasteiger partial charge in [0.25, 0.3) is 0 Å². The van der Waals surface area contributed by atoms with Gasteiger partial charge in [-0.1, -0.05) is 12.1 Å². The number of nitrogens with zero attached hydrogens (tertiary/aromatic N) is 2. The monoisotopic (exact) mass is 481 g/mol. The van der Waals surface area contributed by atoms with E-state index in [1.54, 1.807) is 17.0 Å². The quantitative estimate of drug-likeness (QED) is 0.679. The number of ether oxygens (including phenoxy) is 2. The first kappa shape index (κ1) is 21.6. The average Bonchev–Trinajstić information content (AvgIpc) is 3.42. The molecule has 3 heterocycles. The summed E-state index contributed by atoms with van der Waals surface area (Å²) < 4.78 is 75.4. The van der Waals surface area contributed by atoms with Crippen LogP contribution >= 0.6 is 0 Å². The molecule has 3 aliphatic rings. The van der Waals surface area contributed by atoms with Gasteiger partial charge < -0.3 is 19.7 Å². The van der Waals surface area contributed by atoms with Crippen LogP contribution in [0.25, 0.3) is 0 Å². The summed E-state index contributed by atoms with van der Waals surface area (Å²) in [7, 11) is -3.97. The maximum atomic E-state index is 13.2. The lowest BCUT2D eigenvalue weighted by Crippen LogP contribution is -2.41. The molecule has 0 saturated heterocycles. The van der Waals surface area contributed by atoms with Crippen molar-refractivity contribution in [3.8, 4) is 11.5 Å². The zero-order chi connectivity index (χ0) is 23.4. The summed E-state index contributed by atoms with van der Waals surface area (Å²) in [5, 5.41) is 2.77. The number of carbonyl (C=O) groups excluding carboxylic acids is 1. The van der Waals surface area contributed by atoms with E-state index in [1.165, 1.54) is 22.5 Å². The number of halogens is 3. The molecule has 2 aromatic carbocycles. The van der Waals surface area contributed by atoms with Crippen LogP contribution in [0.3, 0.4) is 0 Å². The highest BCUT2D eigenvalue weighted by Crippen LogP contribution is 2.42. The predicted octanol–water partition coefficient (Wildman–Crippen LogP) is 2.67. The Morgan fingerprint density at radius 3 is 2.27 bits per heavy atom. The molecule has 2 amide bonds. The summed E-state index contributed by atoms with van der Waals surface area (Å²) in [5.41, 5.74) is 2.40. The maximum absolute atomic E-state index is 13.2. The van der Waals surface area contributed by atoms with E-state index in [2.05, 4.69) is 14.8 Å². The van der Waals surface area contributed by atoms with Gasteiger partial charge in [0.1, 0.15) is 5.82 Å². The van der Waals surface area contributed by atoms with E-state index in [0.29, 0.717) is 0 Å². The van der Waals surface area contributed by atoms with E-state index in [4.69, 9.17) is 0 Å². The summed E-state index contributed by atoms with van der Waals surface area (Å²) in [6, 6.07) is 8.83. The second-order valence-corrected chi connectivity index (χ2v) is 9.84. The van der Waals surface area contributed by atoms with Crippen molar-refractivity contribution in [2.75, 3.05) is 26.2 Å². The van der Waals surface area contributed by atoms with Gasteiger partial charge in [-0.05, 0) is 41.0 Å². The van der Waals surface area contributed by atoms with Crippen molar-refractivity contribution in [1.29, 1.82) is 0 Å². The molecule has 0 unspecified atom stereocenters. The number of benzene rings is 2. The predicted molar refractivity (Wildman–Crippen MR) is 109 cm³/mol. The van der Waals surface area contributed by atoms with Crippen LogP contribution in [-0.2, 0) is 16.6 Å². The first-order valence-electron chi connectivity index (χ1n) is 9.98. The molecule has 3 aliphatic heterocycles. The Labute approximate surface area is 187 Å². The van der Waals surface area contributed by atoms with Crippen LogP contribution in [0.5, 0.6) is 11.5 Å². The molecule has 0 fully saturated rings. The number of alkyl halides is 2. The molecule has 0 saturated carbocycles. The topological polar surface area (TPSA) is 88.2 Å². The first-order valence-corrected chi connectivity index (χ1v) is 11.4. The average molecular weight is 481 g/mol. The Hall–Kier alpha value is -3.25. The van der Waals surface area contributed by atoms with Gasteiger partial charge in [-0.2, -0.15) is 4.31 Å². The lowest BCUT2D eigenvalue weighted by atomic mass is 10.2. The second-order valence-electron chi connectivity index (χ2n) is 7.90. The number of rotatable bonds is 4. The van der Waals surface area contributed by atoms with Crippen molar-refractivity contribution in [3.63, 3.8) is 0 Å². The highest BCUT2D eigenvalue weighted by atomic mass is 32.2. The Kier molecular flexibility index (Phi) is 5.01. The Morgan fingerprint density at radius 1 is 0.970 bits per heavy atom. The molecule has 1 N–H and O–H groups in total. The number of amides is 2. The summed E-state index contributed by atoms with van der Waals surface area (Å²) in [6.07, 6.45) is -3.83. The van der Waals surface area contributed by atoms with Crippen LogP contribution in [0.15, 0.2) is 58.5 Å². The molecule has 0 bridgehead atoms. The van der Waals surface area contributed by atoms with Gasteiger partial charge in [-0.15, -0.1) is 8.78 Å². The summed E-state index contributed by atoms with van der Waals surface area (Å²) in [4.78, 5) is 13.9. The van der Waals surface area contributed by atoms with Crippen LogP contribution in [0.1, 0.15) is 5.56 Å². The minimum Gasteiger partial charge on any atom is -0.395 e. The van der Waals surface area contributed by atoms with Crippen LogP contribution in [-0.4, -0.2) is 56.1 Å². The largest absolute Gasteiger partial charge is 0.586 e. The summed E-state index contributed by atoms with van der Waals surface area (Å²) >= 11 is 0. The lowest BCUT2D eigenvalue weighted by molar-refractivity contribution is -0.286. The van der Waals surface area contributed by atoms with Gasteiger partial charge in [0.05, 0.1) is 4.90 Å². The molecule has 0 spiro atoms.